The zero-order chi connectivity index (χ0) is 26.7. The van der Waals surface area contributed by atoms with Gasteiger partial charge < -0.3 is 4.90 Å². The van der Waals surface area contributed by atoms with Crippen molar-refractivity contribution in [2.75, 3.05) is 36.8 Å². The molecule has 1 aromatic heterocycles. The highest BCUT2D eigenvalue weighted by molar-refractivity contribution is 7.92. The number of hydrogen-bond acceptors (Lipinski definition) is 6. The van der Waals surface area contributed by atoms with E-state index in [9.17, 15) is 13.2 Å². The lowest BCUT2D eigenvalue weighted by atomic mass is 10.1. The van der Waals surface area contributed by atoms with Gasteiger partial charge in [-0.15, -0.1) is 12.4 Å². The van der Waals surface area contributed by atoms with Crippen molar-refractivity contribution in [2.45, 2.75) is 32.1 Å². The van der Waals surface area contributed by atoms with E-state index in [2.05, 4.69) is 29.5 Å². The van der Waals surface area contributed by atoms with Gasteiger partial charge in [0.15, 0.2) is 5.13 Å². The maximum atomic E-state index is 13.8. The van der Waals surface area contributed by atoms with Crippen molar-refractivity contribution in [1.29, 1.82) is 0 Å². The molecular weight excluding hydrogens is 540 g/mol. The summed E-state index contributed by atoms with van der Waals surface area (Å²) < 4.78 is 29.4. The summed E-state index contributed by atoms with van der Waals surface area (Å²) in [6.45, 7) is 7.34. The molecule has 202 valence electrons. The molecule has 0 fully saturated rings. The van der Waals surface area contributed by atoms with Crippen LogP contribution in [0.15, 0.2) is 65.6 Å². The van der Waals surface area contributed by atoms with Gasteiger partial charge in [0.2, 0.25) is 0 Å². The molecule has 4 aromatic rings. The molecule has 7 nitrogen and oxygen atoms in total. The van der Waals surface area contributed by atoms with Gasteiger partial charge in [0.25, 0.3) is 15.9 Å². The van der Waals surface area contributed by atoms with Crippen molar-refractivity contribution < 1.29 is 13.2 Å². The van der Waals surface area contributed by atoms with Gasteiger partial charge in [0, 0.05) is 17.8 Å². The highest BCUT2D eigenvalue weighted by Crippen LogP contribution is 2.32. The normalized spacial score (nSPS) is 11.4. The molecule has 1 heterocycles. The lowest BCUT2D eigenvalue weighted by molar-refractivity contribution is 0.0986. The third-order valence-corrected chi connectivity index (χ3v) is 8.59. The summed E-state index contributed by atoms with van der Waals surface area (Å²) in [5, 5.41) is 0.634. The third-order valence-electron chi connectivity index (χ3n) is 6.15. The molecule has 4 rings (SSSR count). The smallest absolute Gasteiger partial charge is 0.261 e. The Bertz CT molecular complexity index is 1490. The number of thiazole rings is 1. The van der Waals surface area contributed by atoms with Crippen LogP contribution in [0.25, 0.3) is 10.2 Å². The first-order chi connectivity index (χ1) is 17.5. The van der Waals surface area contributed by atoms with Crippen LogP contribution in [-0.2, 0) is 10.0 Å². The van der Waals surface area contributed by atoms with Gasteiger partial charge in [-0.25, -0.2) is 13.4 Å². The molecule has 3 aromatic carbocycles. The highest BCUT2D eigenvalue weighted by Gasteiger charge is 2.22. The zero-order valence-corrected chi connectivity index (χ0v) is 24.6. The second-order valence-electron chi connectivity index (χ2n) is 9.51. The van der Waals surface area contributed by atoms with Crippen LogP contribution in [0.2, 0.25) is 0 Å². The number of hydrogen-bond donors (Lipinski definition) is 1. The van der Waals surface area contributed by atoms with E-state index in [1.54, 1.807) is 53.4 Å². The maximum absolute atomic E-state index is 13.8. The lowest BCUT2D eigenvalue weighted by Crippen LogP contribution is -2.33. The Morgan fingerprint density at radius 2 is 1.63 bits per heavy atom. The van der Waals surface area contributed by atoms with Crippen LogP contribution < -0.4 is 9.62 Å². The van der Waals surface area contributed by atoms with Crippen molar-refractivity contribution in [3.63, 3.8) is 0 Å². The van der Waals surface area contributed by atoms with Crippen LogP contribution in [0, 0.1) is 20.8 Å². The predicted molar refractivity (Wildman–Crippen MR) is 160 cm³/mol. The van der Waals surface area contributed by atoms with Gasteiger partial charge in [-0.3, -0.25) is 14.4 Å². The van der Waals surface area contributed by atoms with Gasteiger partial charge in [-0.05, 0) is 101 Å². The van der Waals surface area contributed by atoms with Crippen LogP contribution in [0.1, 0.15) is 33.5 Å². The number of fused-ring (bicyclic) bond motifs is 1. The Morgan fingerprint density at radius 3 is 2.32 bits per heavy atom. The standard InChI is InChI=1S/C28H32N4O3S2.ClH/c1-19-10-12-24(13-11-19)37(34,35)30-23-9-6-8-22(18-23)27(33)32(15-7-14-31(4)5)28-29-25-16-20(2)21(3)17-26(25)36-28;/h6,8-13,16-18,30H,7,14-15H2,1-5H3;1H. The van der Waals surface area contributed by atoms with E-state index in [1.165, 1.54) is 16.9 Å². The second-order valence-corrected chi connectivity index (χ2v) is 12.2. The Labute approximate surface area is 235 Å². The van der Waals surface area contributed by atoms with Crippen LogP contribution in [0.3, 0.4) is 0 Å². The third kappa shape index (κ3) is 6.91. The molecule has 0 atom stereocenters. The Hall–Kier alpha value is -2.98. The number of nitrogens with one attached hydrogen (secondary N) is 1. The monoisotopic (exact) mass is 572 g/mol. The molecule has 0 aliphatic heterocycles. The van der Waals surface area contributed by atoms with Crippen molar-refractivity contribution in [3.05, 3.63) is 82.9 Å². The van der Waals surface area contributed by atoms with E-state index in [0.29, 0.717) is 22.9 Å². The average Bonchev–Trinajstić information content (AvgIpc) is 3.24. The number of aryl methyl sites for hydroxylation is 3. The van der Waals surface area contributed by atoms with Crippen molar-refractivity contribution >= 4 is 60.7 Å². The molecule has 10 heteroatoms. The van der Waals surface area contributed by atoms with Gasteiger partial charge >= 0.3 is 0 Å². The fraction of sp³-hybridized carbons (Fsp3) is 0.286. The fourth-order valence-corrected chi connectivity index (χ4v) is 6.03. The summed E-state index contributed by atoms with van der Waals surface area (Å²) in [6, 6.07) is 17.4. The molecule has 1 amide bonds. The molecular formula is C28H33ClN4O3S2. The largest absolute Gasteiger partial charge is 0.309 e. The molecule has 0 aliphatic rings. The Balaban J connectivity index is 0.00000400. The second kappa shape index (κ2) is 12.3. The minimum atomic E-state index is -3.78. The summed E-state index contributed by atoms with van der Waals surface area (Å²) in [5.74, 6) is -0.220. The number of carbonyl (C=O) groups is 1. The number of anilines is 2. The molecule has 0 saturated carbocycles. The average molecular weight is 573 g/mol. The molecule has 0 radical (unpaired) electrons. The van der Waals surface area contributed by atoms with Crippen LogP contribution in [-0.4, -0.2) is 51.4 Å². The van der Waals surface area contributed by atoms with E-state index in [-0.39, 0.29) is 23.2 Å². The van der Waals surface area contributed by atoms with E-state index in [1.807, 2.05) is 27.1 Å². The molecule has 0 bridgehead atoms. The number of carbonyl (C=O) groups excluding carboxylic acids is 1. The summed E-state index contributed by atoms with van der Waals surface area (Å²) in [4.78, 5) is 22.5. The first-order valence-corrected chi connectivity index (χ1v) is 14.4. The summed E-state index contributed by atoms with van der Waals surface area (Å²) in [5.41, 5.74) is 4.90. The Kier molecular flexibility index (Phi) is 9.54. The van der Waals surface area contributed by atoms with E-state index < -0.39 is 10.0 Å². The number of benzene rings is 3. The van der Waals surface area contributed by atoms with E-state index in [0.717, 1.165) is 34.3 Å². The zero-order valence-electron chi connectivity index (χ0n) is 22.2. The number of rotatable bonds is 9. The van der Waals surface area contributed by atoms with Crippen molar-refractivity contribution in [1.82, 2.24) is 9.88 Å². The van der Waals surface area contributed by atoms with Gasteiger partial charge in [0.05, 0.1) is 15.1 Å². The topological polar surface area (TPSA) is 82.6 Å². The number of sulfonamides is 1. The molecule has 38 heavy (non-hydrogen) atoms. The highest BCUT2D eigenvalue weighted by atomic mass is 35.5. The maximum Gasteiger partial charge on any atom is 0.261 e. The molecule has 0 aliphatic carbocycles. The van der Waals surface area contributed by atoms with Crippen molar-refractivity contribution in [3.8, 4) is 0 Å². The van der Waals surface area contributed by atoms with E-state index in [4.69, 9.17) is 4.98 Å². The number of aromatic nitrogens is 1. The summed E-state index contributed by atoms with van der Waals surface area (Å²) in [7, 11) is 0.213. The van der Waals surface area contributed by atoms with E-state index >= 15 is 0 Å². The molecule has 0 unspecified atom stereocenters. The SMILES string of the molecule is Cc1ccc(S(=O)(=O)Nc2cccc(C(=O)N(CCCN(C)C)c3nc4cc(C)c(C)cc4s3)c2)cc1.Cl. The first-order valence-electron chi connectivity index (χ1n) is 12.1. The summed E-state index contributed by atoms with van der Waals surface area (Å²) >= 11 is 1.49. The first kappa shape index (κ1) is 29.6. The minimum absolute atomic E-state index is 0. The van der Waals surface area contributed by atoms with Gasteiger partial charge in [0.1, 0.15) is 0 Å². The van der Waals surface area contributed by atoms with Crippen molar-refractivity contribution in [2.24, 2.45) is 0 Å². The van der Waals surface area contributed by atoms with Crippen LogP contribution in [0.4, 0.5) is 10.8 Å². The quantitative estimate of drug-likeness (QED) is 0.264. The molecule has 1 N–H and O–H groups in total. The lowest BCUT2D eigenvalue weighted by Gasteiger charge is -2.21. The predicted octanol–water partition coefficient (Wildman–Crippen LogP) is 6.04. The van der Waals surface area contributed by atoms with Crippen LogP contribution >= 0.6 is 23.7 Å². The number of amides is 1. The van der Waals surface area contributed by atoms with Crippen LogP contribution in [0.5, 0.6) is 0 Å². The number of halogens is 1. The minimum Gasteiger partial charge on any atom is -0.309 e. The molecule has 0 saturated heterocycles. The Morgan fingerprint density at radius 1 is 0.947 bits per heavy atom. The fourth-order valence-electron chi connectivity index (χ4n) is 3.92. The van der Waals surface area contributed by atoms with Gasteiger partial charge in [-0.2, -0.15) is 0 Å². The van der Waals surface area contributed by atoms with Gasteiger partial charge in [-0.1, -0.05) is 35.1 Å². The number of nitrogens with zero attached hydrogens (tertiary/aromatic N) is 3. The summed E-state index contributed by atoms with van der Waals surface area (Å²) in [6.07, 6.45) is 0.770. The molecule has 0 spiro atoms.